The Morgan fingerprint density at radius 2 is 2.25 bits per heavy atom. The number of halogens is 1. The first-order valence-electron chi connectivity index (χ1n) is 6.28. The number of furan rings is 1. The maximum Gasteiger partial charge on any atom is 0.155 e. The van der Waals surface area contributed by atoms with Gasteiger partial charge in [-0.2, -0.15) is 0 Å². The van der Waals surface area contributed by atoms with Crippen molar-refractivity contribution in [1.29, 1.82) is 0 Å². The van der Waals surface area contributed by atoms with Crippen molar-refractivity contribution in [3.63, 3.8) is 0 Å². The largest absolute Gasteiger partial charge is 0.467 e. The van der Waals surface area contributed by atoms with Gasteiger partial charge in [-0.05, 0) is 46.7 Å². The molecule has 0 radical (unpaired) electrons. The van der Waals surface area contributed by atoms with Crippen LogP contribution in [0.15, 0.2) is 39.5 Å². The first-order valence-corrected chi connectivity index (χ1v) is 7.07. The van der Waals surface area contributed by atoms with Gasteiger partial charge in [-0.3, -0.25) is 0 Å². The minimum atomic E-state index is 0.562. The summed E-state index contributed by atoms with van der Waals surface area (Å²) in [4.78, 5) is 4.48. The molecule has 0 aliphatic heterocycles. The van der Waals surface area contributed by atoms with Crippen molar-refractivity contribution in [2.24, 2.45) is 5.73 Å². The van der Waals surface area contributed by atoms with Gasteiger partial charge in [0, 0.05) is 6.42 Å². The number of hydrogen-bond donors (Lipinski definition) is 2. The molecule has 0 unspecified atom stereocenters. The lowest BCUT2D eigenvalue weighted by Gasteiger charge is -2.04. The van der Waals surface area contributed by atoms with Crippen molar-refractivity contribution in [2.75, 3.05) is 11.9 Å². The minimum Gasteiger partial charge on any atom is -0.467 e. The van der Waals surface area contributed by atoms with E-state index in [9.17, 15) is 0 Å². The van der Waals surface area contributed by atoms with Gasteiger partial charge in [0.25, 0.3) is 0 Å². The van der Waals surface area contributed by atoms with Gasteiger partial charge in [-0.15, -0.1) is 5.10 Å². The second-order valence-electron chi connectivity index (χ2n) is 4.31. The van der Waals surface area contributed by atoms with Crippen molar-refractivity contribution < 1.29 is 4.42 Å². The fourth-order valence-electron chi connectivity index (χ4n) is 1.93. The van der Waals surface area contributed by atoms with E-state index in [1.54, 1.807) is 10.8 Å². The van der Waals surface area contributed by atoms with E-state index in [2.05, 4.69) is 31.3 Å². The summed E-state index contributed by atoms with van der Waals surface area (Å²) in [5.41, 5.74) is 7.28. The molecule has 0 aliphatic rings. The monoisotopic (exact) mass is 335 g/mol. The molecule has 0 amide bonds. The third-order valence-electron chi connectivity index (χ3n) is 2.89. The normalized spacial score (nSPS) is 11.1. The average molecular weight is 336 g/mol. The van der Waals surface area contributed by atoms with E-state index in [4.69, 9.17) is 10.2 Å². The van der Waals surface area contributed by atoms with E-state index in [1.165, 1.54) is 0 Å². The number of nitrogens with one attached hydrogen (secondary N) is 1. The van der Waals surface area contributed by atoms with Crippen LogP contribution < -0.4 is 11.1 Å². The quantitative estimate of drug-likeness (QED) is 0.746. The highest BCUT2D eigenvalue weighted by molar-refractivity contribution is 9.10. The Morgan fingerprint density at radius 3 is 3.00 bits per heavy atom. The molecule has 0 aromatic carbocycles. The number of hydrogen-bond acceptors (Lipinski definition) is 5. The highest BCUT2D eigenvalue weighted by atomic mass is 79.9. The molecule has 0 saturated carbocycles. The zero-order chi connectivity index (χ0) is 13.9. The van der Waals surface area contributed by atoms with Crippen molar-refractivity contribution in [1.82, 2.24) is 14.6 Å². The van der Waals surface area contributed by atoms with Crippen LogP contribution in [0, 0.1) is 0 Å². The van der Waals surface area contributed by atoms with Crippen LogP contribution in [0.4, 0.5) is 5.82 Å². The van der Waals surface area contributed by atoms with E-state index < -0.39 is 0 Å². The van der Waals surface area contributed by atoms with Crippen LogP contribution in [-0.4, -0.2) is 21.1 Å². The third kappa shape index (κ3) is 2.54. The topological polar surface area (TPSA) is 81.4 Å². The van der Waals surface area contributed by atoms with Crippen LogP contribution in [0.1, 0.15) is 11.5 Å². The van der Waals surface area contributed by atoms with Gasteiger partial charge in [-0.1, -0.05) is 0 Å². The van der Waals surface area contributed by atoms with E-state index >= 15 is 0 Å². The molecule has 0 aliphatic carbocycles. The number of anilines is 1. The van der Waals surface area contributed by atoms with Crippen LogP contribution in [0.25, 0.3) is 5.65 Å². The number of nitrogens with zero attached hydrogens (tertiary/aromatic N) is 3. The fraction of sp³-hybridized carbons (Fsp3) is 0.231. The molecule has 3 heterocycles. The van der Waals surface area contributed by atoms with E-state index in [1.807, 2.05) is 24.3 Å². The molecule has 3 N–H and O–H groups in total. The summed E-state index contributed by atoms with van der Waals surface area (Å²) < 4.78 is 7.88. The van der Waals surface area contributed by atoms with Gasteiger partial charge in [0.05, 0.1) is 18.5 Å². The van der Waals surface area contributed by atoms with Gasteiger partial charge in [0.15, 0.2) is 5.65 Å². The average Bonchev–Trinajstić information content (AvgIpc) is 3.07. The maximum atomic E-state index is 5.57. The molecule has 0 bridgehead atoms. The zero-order valence-corrected chi connectivity index (χ0v) is 12.3. The SMILES string of the molecule is NCCc1nc2ccc(NCc3ccco3)nn2c1Br. The predicted molar refractivity (Wildman–Crippen MR) is 79.5 cm³/mol. The number of imidazole rings is 1. The molecule has 104 valence electrons. The Labute approximate surface area is 124 Å². The first-order chi connectivity index (χ1) is 9.78. The lowest BCUT2D eigenvalue weighted by molar-refractivity contribution is 0.517. The smallest absolute Gasteiger partial charge is 0.155 e. The molecule has 0 saturated heterocycles. The summed E-state index contributed by atoms with van der Waals surface area (Å²) in [5.74, 6) is 1.62. The molecule has 3 aromatic rings. The summed E-state index contributed by atoms with van der Waals surface area (Å²) in [6, 6.07) is 7.59. The van der Waals surface area contributed by atoms with E-state index in [-0.39, 0.29) is 0 Å². The van der Waals surface area contributed by atoms with Crippen LogP contribution in [0.2, 0.25) is 0 Å². The summed E-state index contributed by atoms with van der Waals surface area (Å²) in [7, 11) is 0. The van der Waals surface area contributed by atoms with Crippen molar-refractivity contribution in [3.05, 3.63) is 46.6 Å². The molecule has 3 aromatic heterocycles. The lowest BCUT2D eigenvalue weighted by Crippen LogP contribution is -2.04. The van der Waals surface area contributed by atoms with Gasteiger partial charge in [-0.25, -0.2) is 9.50 Å². The number of aromatic nitrogens is 3. The van der Waals surface area contributed by atoms with Crippen LogP contribution in [0.5, 0.6) is 0 Å². The highest BCUT2D eigenvalue weighted by Crippen LogP contribution is 2.19. The molecule has 3 rings (SSSR count). The van der Waals surface area contributed by atoms with Gasteiger partial charge >= 0.3 is 0 Å². The van der Waals surface area contributed by atoms with Crippen LogP contribution in [-0.2, 0) is 13.0 Å². The van der Waals surface area contributed by atoms with E-state index in [0.717, 1.165) is 33.9 Å². The molecule has 0 atom stereocenters. The minimum absolute atomic E-state index is 0.562. The predicted octanol–water partition coefficient (Wildman–Crippen LogP) is 2.20. The van der Waals surface area contributed by atoms with Crippen molar-refractivity contribution >= 4 is 27.4 Å². The zero-order valence-electron chi connectivity index (χ0n) is 10.7. The summed E-state index contributed by atoms with van der Waals surface area (Å²) in [6.45, 7) is 1.15. The fourth-order valence-corrected chi connectivity index (χ4v) is 2.48. The second-order valence-corrected chi connectivity index (χ2v) is 5.06. The molecular formula is C13H14BrN5O. The Bertz CT molecular complexity index is 707. The Balaban J connectivity index is 1.84. The molecule has 7 heteroatoms. The van der Waals surface area contributed by atoms with Crippen molar-refractivity contribution in [3.8, 4) is 0 Å². The Kier molecular flexibility index (Phi) is 3.70. The van der Waals surface area contributed by atoms with Crippen molar-refractivity contribution in [2.45, 2.75) is 13.0 Å². The Morgan fingerprint density at radius 1 is 1.35 bits per heavy atom. The van der Waals surface area contributed by atoms with Gasteiger partial charge < -0.3 is 15.5 Å². The maximum absolute atomic E-state index is 5.57. The first kappa shape index (κ1) is 13.1. The molecule has 0 fully saturated rings. The molecular weight excluding hydrogens is 322 g/mol. The van der Waals surface area contributed by atoms with Gasteiger partial charge in [0.2, 0.25) is 0 Å². The van der Waals surface area contributed by atoms with Crippen LogP contribution in [0.3, 0.4) is 0 Å². The highest BCUT2D eigenvalue weighted by Gasteiger charge is 2.10. The van der Waals surface area contributed by atoms with E-state index in [0.29, 0.717) is 13.1 Å². The second kappa shape index (κ2) is 5.64. The number of fused-ring (bicyclic) bond motifs is 1. The van der Waals surface area contributed by atoms with Crippen LogP contribution >= 0.6 is 15.9 Å². The molecule has 20 heavy (non-hydrogen) atoms. The Hall–Kier alpha value is -1.86. The lowest BCUT2D eigenvalue weighted by atomic mass is 10.3. The molecule has 0 spiro atoms. The molecule has 6 nitrogen and oxygen atoms in total. The number of nitrogens with two attached hydrogens (primary N) is 1. The summed E-state index contributed by atoms with van der Waals surface area (Å²) in [5, 5.41) is 7.70. The van der Waals surface area contributed by atoms with Gasteiger partial charge in [0.1, 0.15) is 16.2 Å². The number of rotatable bonds is 5. The summed E-state index contributed by atoms with van der Waals surface area (Å²) >= 11 is 3.51. The standard InChI is InChI=1S/C13H14BrN5O/c14-13-10(5-6-15)17-12-4-3-11(18-19(12)13)16-8-9-2-1-7-20-9/h1-4,7H,5-6,8,15H2,(H,16,18). The third-order valence-corrected chi connectivity index (χ3v) is 3.69. The summed E-state index contributed by atoms with van der Waals surface area (Å²) in [6.07, 6.45) is 2.37.